The van der Waals surface area contributed by atoms with E-state index in [-0.39, 0.29) is 13.2 Å². The fourth-order valence-electron chi connectivity index (χ4n) is 1.31. The van der Waals surface area contributed by atoms with Crippen LogP contribution in [0.25, 0.3) is 0 Å². The lowest BCUT2D eigenvalue weighted by Gasteiger charge is -2.06. The standard InChI is InChI=1S/C11H15NO5S/c1-4-16-11(13)9-5-8(2)12-10(6-9)7-17-18(3,14)15/h5-6H,4,7H2,1-3H3. The maximum absolute atomic E-state index is 11.5. The molecule has 7 heteroatoms. The molecule has 18 heavy (non-hydrogen) atoms. The van der Waals surface area contributed by atoms with E-state index in [4.69, 9.17) is 4.74 Å². The smallest absolute Gasteiger partial charge is 0.338 e. The van der Waals surface area contributed by atoms with Crippen molar-refractivity contribution in [2.24, 2.45) is 0 Å². The van der Waals surface area contributed by atoms with Crippen LogP contribution in [0.5, 0.6) is 0 Å². The minimum Gasteiger partial charge on any atom is -0.462 e. The first-order valence-electron chi connectivity index (χ1n) is 5.31. The number of rotatable bonds is 5. The predicted molar refractivity (Wildman–Crippen MR) is 64.6 cm³/mol. The maximum Gasteiger partial charge on any atom is 0.338 e. The monoisotopic (exact) mass is 273 g/mol. The zero-order valence-electron chi connectivity index (χ0n) is 10.5. The van der Waals surface area contributed by atoms with E-state index >= 15 is 0 Å². The van der Waals surface area contributed by atoms with Gasteiger partial charge in [-0.3, -0.25) is 9.17 Å². The van der Waals surface area contributed by atoms with Crippen LogP contribution < -0.4 is 0 Å². The van der Waals surface area contributed by atoms with Gasteiger partial charge >= 0.3 is 5.97 Å². The van der Waals surface area contributed by atoms with Gasteiger partial charge in [-0.15, -0.1) is 0 Å². The Morgan fingerprint density at radius 2 is 2.06 bits per heavy atom. The van der Waals surface area contributed by atoms with Gasteiger partial charge in [0.25, 0.3) is 10.1 Å². The van der Waals surface area contributed by atoms with Crippen molar-refractivity contribution in [1.82, 2.24) is 4.98 Å². The number of ether oxygens (including phenoxy) is 1. The van der Waals surface area contributed by atoms with E-state index in [9.17, 15) is 13.2 Å². The Bertz CT molecular complexity index is 538. The third kappa shape index (κ3) is 4.80. The molecule has 0 saturated carbocycles. The van der Waals surface area contributed by atoms with Crippen LogP contribution in [-0.2, 0) is 25.6 Å². The SMILES string of the molecule is CCOC(=O)c1cc(C)nc(COS(C)(=O)=O)c1. The normalized spacial score (nSPS) is 11.3. The summed E-state index contributed by atoms with van der Waals surface area (Å²) in [6, 6.07) is 3.03. The second-order valence-electron chi connectivity index (χ2n) is 3.68. The topological polar surface area (TPSA) is 82.6 Å². The Balaban J connectivity index is 2.90. The fraction of sp³-hybridized carbons (Fsp3) is 0.455. The maximum atomic E-state index is 11.5. The van der Waals surface area contributed by atoms with Crippen molar-refractivity contribution in [3.63, 3.8) is 0 Å². The van der Waals surface area contributed by atoms with Gasteiger partial charge < -0.3 is 4.74 Å². The Kier molecular flexibility index (Phi) is 4.80. The Morgan fingerprint density at radius 1 is 1.39 bits per heavy atom. The molecule has 0 fully saturated rings. The molecule has 0 atom stereocenters. The summed E-state index contributed by atoms with van der Waals surface area (Å²) in [5.74, 6) is -0.469. The van der Waals surface area contributed by atoms with Crippen molar-refractivity contribution in [3.05, 3.63) is 29.1 Å². The Morgan fingerprint density at radius 3 is 2.61 bits per heavy atom. The zero-order valence-corrected chi connectivity index (χ0v) is 11.3. The summed E-state index contributed by atoms with van der Waals surface area (Å²) in [5, 5.41) is 0. The van der Waals surface area contributed by atoms with Gasteiger partial charge in [0, 0.05) is 5.69 Å². The largest absolute Gasteiger partial charge is 0.462 e. The molecule has 0 aliphatic rings. The Labute approximate surface area is 106 Å². The summed E-state index contributed by atoms with van der Waals surface area (Å²) in [5.41, 5.74) is 1.28. The highest BCUT2D eigenvalue weighted by atomic mass is 32.2. The van der Waals surface area contributed by atoms with Crippen LogP contribution in [-0.4, -0.2) is 32.2 Å². The predicted octanol–water partition coefficient (Wildman–Crippen LogP) is 1.04. The van der Waals surface area contributed by atoms with Crippen molar-refractivity contribution in [2.75, 3.05) is 12.9 Å². The Hall–Kier alpha value is -1.47. The highest BCUT2D eigenvalue weighted by molar-refractivity contribution is 7.85. The molecule has 1 aromatic rings. The van der Waals surface area contributed by atoms with E-state index in [0.717, 1.165) is 6.26 Å². The van der Waals surface area contributed by atoms with Crippen molar-refractivity contribution in [2.45, 2.75) is 20.5 Å². The van der Waals surface area contributed by atoms with Gasteiger partial charge in [-0.2, -0.15) is 8.42 Å². The lowest BCUT2D eigenvalue weighted by Crippen LogP contribution is -2.09. The first-order chi connectivity index (χ1) is 8.31. The first-order valence-corrected chi connectivity index (χ1v) is 7.12. The molecular formula is C11H15NO5S. The average molecular weight is 273 g/mol. The molecule has 0 saturated heterocycles. The minimum absolute atomic E-state index is 0.201. The molecule has 0 amide bonds. The molecule has 0 aliphatic heterocycles. The molecule has 1 heterocycles. The van der Waals surface area contributed by atoms with Crippen LogP contribution in [0.2, 0.25) is 0 Å². The summed E-state index contributed by atoms with van der Waals surface area (Å²) in [4.78, 5) is 15.6. The van der Waals surface area contributed by atoms with Crippen LogP contribution in [0.15, 0.2) is 12.1 Å². The van der Waals surface area contributed by atoms with Gasteiger partial charge in [0.1, 0.15) is 6.61 Å². The van der Waals surface area contributed by atoms with E-state index in [1.165, 1.54) is 6.07 Å². The summed E-state index contributed by atoms with van der Waals surface area (Å²) in [7, 11) is -3.53. The van der Waals surface area contributed by atoms with Crippen LogP contribution in [0.4, 0.5) is 0 Å². The molecule has 0 aliphatic carbocycles. The number of hydrogen-bond donors (Lipinski definition) is 0. The molecule has 1 rings (SSSR count). The van der Waals surface area contributed by atoms with E-state index in [1.807, 2.05) is 0 Å². The lowest BCUT2D eigenvalue weighted by molar-refractivity contribution is 0.0526. The van der Waals surface area contributed by atoms with Crippen LogP contribution in [0, 0.1) is 6.92 Å². The third-order valence-corrected chi connectivity index (χ3v) is 2.48. The van der Waals surface area contributed by atoms with Crippen molar-refractivity contribution >= 4 is 16.1 Å². The molecular weight excluding hydrogens is 258 g/mol. The highest BCUT2D eigenvalue weighted by Gasteiger charge is 2.11. The molecule has 6 nitrogen and oxygen atoms in total. The molecule has 0 N–H and O–H groups in total. The molecule has 0 spiro atoms. The van der Waals surface area contributed by atoms with Crippen LogP contribution in [0.1, 0.15) is 28.7 Å². The zero-order chi connectivity index (χ0) is 13.8. The second kappa shape index (κ2) is 5.92. The number of hydrogen-bond acceptors (Lipinski definition) is 6. The van der Waals surface area contributed by atoms with Gasteiger partial charge in [-0.1, -0.05) is 0 Å². The van der Waals surface area contributed by atoms with Gasteiger partial charge in [-0.05, 0) is 26.0 Å². The number of pyridine rings is 1. The molecule has 0 radical (unpaired) electrons. The minimum atomic E-state index is -3.53. The van der Waals surface area contributed by atoms with Gasteiger partial charge in [0.15, 0.2) is 0 Å². The summed E-state index contributed by atoms with van der Waals surface area (Å²) < 4.78 is 31.2. The molecule has 1 aromatic heterocycles. The van der Waals surface area contributed by atoms with Gasteiger partial charge in [-0.25, -0.2) is 4.79 Å². The molecule has 0 aromatic carbocycles. The average Bonchev–Trinajstić information content (AvgIpc) is 2.25. The van der Waals surface area contributed by atoms with Crippen LogP contribution in [0.3, 0.4) is 0 Å². The van der Waals surface area contributed by atoms with Gasteiger partial charge in [0.2, 0.25) is 0 Å². The summed E-state index contributed by atoms with van der Waals surface area (Å²) >= 11 is 0. The van der Waals surface area contributed by atoms with Gasteiger partial charge in [0.05, 0.1) is 24.1 Å². The quantitative estimate of drug-likeness (QED) is 0.589. The number of aromatic nitrogens is 1. The molecule has 0 bridgehead atoms. The van der Waals surface area contributed by atoms with Crippen molar-refractivity contribution < 1.29 is 22.1 Å². The number of carbonyl (C=O) groups excluding carboxylic acids is 1. The number of aryl methyl sites for hydroxylation is 1. The number of carbonyl (C=O) groups is 1. The molecule has 100 valence electrons. The summed E-state index contributed by atoms with van der Waals surface area (Å²) in [6.07, 6.45) is 0.953. The lowest BCUT2D eigenvalue weighted by atomic mass is 10.2. The third-order valence-electron chi connectivity index (χ3n) is 1.94. The van der Waals surface area contributed by atoms with Crippen molar-refractivity contribution in [3.8, 4) is 0 Å². The highest BCUT2D eigenvalue weighted by Crippen LogP contribution is 2.09. The van der Waals surface area contributed by atoms with E-state index in [1.54, 1.807) is 19.9 Å². The van der Waals surface area contributed by atoms with Crippen molar-refractivity contribution in [1.29, 1.82) is 0 Å². The van der Waals surface area contributed by atoms with E-state index in [2.05, 4.69) is 9.17 Å². The van der Waals surface area contributed by atoms with Crippen LogP contribution >= 0.6 is 0 Å². The molecule has 0 unspecified atom stereocenters. The van der Waals surface area contributed by atoms with E-state index in [0.29, 0.717) is 17.0 Å². The second-order valence-corrected chi connectivity index (χ2v) is 5.32. The fourth-order valence-corrected chi connectivity index (χ4v) is 1.65. The van der Waals surface area contributed by atoms with E-state index < -0.39 is 16.1 Å². The number of esters is 1. The number of nitrogens with zero attached hydrogens (tertiary/aromatic N) is 1. The summed E-state index contributed by atoms with van der Waals surface area (Å²) in [6.45, 7) is 3.48. The first kappa shape index (κ1) is 14.6.